The highest BCUT2D eigenvalue weighted by Crippen LogP contribution is 2.50. The van der Waals surface area contributed by atoms with Crippen molar-refractivity contribution < 1.29 is 18.1 Å². The summed E-state index contributed by atoms with van der Waals surface area (Å²) < 4.78 is 31.2. The maximum absolute atomic E-state index is 13.7. The van der Waals surface area contributed by atoms with Gasteiger partial charge in [0.05, 0.1) is 0 Å². The fraction of sp³-hybridized carbons (Fsp3) is 0.120. The van der Waals surface area contributed by atoms with Crippen LogP contribution in [0, 0.1) is 20.8 Å². The maximum Gasteiger partial charge on any atom is 0.647 e. The fourth-order valence-corrected chi connectivity index (χ4v) is 4.47. The number of phosphoric acid groups is 1. The molecule has 0 saturated heterocycles. The van der Waals surface area contributed by atoms with E-state index in [0.717, 1.165) is 27.5 Å². The summed E-state index contributed by atoms with van der Waals surface area (Å²) in [4.78, 5) is 0. The Hall–Kier alpha value is -3.23. The van der Waals surface area contributed by atoms with Crippen molar-refractivity contribution in [2.75, 3.05) is 0 Å². The summed E-state index contributed by atoms with van der Waals surface area (Å²) in [5, 5.41) is 2.04. The number of phosphoric ester groups is 1. The molecule has 1 atom stereocenters. The molecule has 4 nitrogen and oxygen atoms in total. The Morgan fingerprint density at radius 1 is 0.600 bits per heavy atom. The van der Waals surface area contributed by atoms with E-state index >= 15 is 0 Å². The zero-order chi connectivity index (χ0) is 21.1. The van der Waals surface area contributed by atoms with E-state index in [4.69, 9.17) is 13.6 Å². The van der Waals surface area contributed by atoms with Crippen molar-refractivity contribution >= 4 is 18.6 Å². The molecule has 0 aliphatic rings. The molecule has 0 amide bonds. The normalized spacial score (nSPS) is 12.9. The van der Waals surface area contributed by atoms with E-state index in [1.165, 1.54) is 0 Å². The van der Waals surface area contributed by atoms with Gasteiger partial charge in [-0.1, -0.05) is 65.7 Å². The number of fused-ring (bicyclic) bond motifs is 1. The van der Waals surface area contributed by atoms with Crippen molar-refractivity contribution in [2.45, 2.75) is 20.8 Å². The van der Waals surface area contributed by atoms with Crippen molar-refractivity contribution in [3.05, 3.63) is 102 Å². The largest absolute Gasteiger partial charge is 0.647 e. The Morgan fingerprint density at radius 3 is 1.97 bits per heavy atom. The average Bonchev–Trinajstić information content (AvgIpc) is 2.72. The molecule has 0 heterocycles. The Kier molecular flexibility index (Phi) is 5.52. The smallest absolute Gasteiger partial charge is 0.386 e. The van der Waals surface area contributed by atoms with E-state index in [1.54, 1.807) is 24.3 Å². The second kappa shape index (κ2) is 8.25. The van der Waals surface area contributed by atoms with Crippen molar-refractivity contribution in [3.8, 4) is 17.2 Å². The second-order valence-electron chi connectivity index (χ2n) is 7.31. The first kappa shape index (κ1) is 20.1. The number of hydrogen-bond acceptors (Lipinski definition) is 4. The quantitative estimate of drug-likeness (QED) is 0.306. The highest BCUT2D eigenvalue weighted by Gasteiger charge is 2.33. The molecule has 5 heteroatoms. The molecule has 1 unspecified atom stereocenters. The van der Waals surface area contributed by atoms with Gasteiger partial charge in [-0.15, -0.1) is 0 Å². The molecule has 30 heavy (non-hydrogen) atoms. The van der Waals surface area contributed by atoms with E-state index in [-0.39, 0.29) is 0 Å². The van der Waals surface area contributed by atoms with E-state index in [2.05, 4.69) is 0 Å². The van der Waals surface area contributed by atoms with Crippen LogP contribution < -0.4 is 13.6 Å². The Morgan fingerprint density at radius 2 is 1.23 bits per heavy atom. The lowest BCUT2D eigenvalue weighted by atomic mass is 10.1. The molecule has 0 N–H and O–H groups in total. The van der Waals surface area contributed by atoms with E-state index in [9.17, 15) is 4.57 Å². The van der Waals surface area contributed by atoms with Gasteiger partial charge in [0.1, 0.15) is 17.2 Å². The van der Waals surface area contributed by atoms with Crippen LogP contribution in [0.1, 0.15) is 16.7 Å². The summed E-state index contributed by atoms with van der Waals surface area (Å²) in [5.74, 6) is 1.28. The lowest BCUT2D eigenvalue weighted by Gasteiger charge is -2.20. The van der Waals surface area contributed by atoms with Gasteiger partial charge in [0, 0.05) is 0 Å². The summed E-state index contributed by atoms with van der Waals surface area (Å²) >= 11 is 0. The minimum Gasteiger partial charge on any atom is -0.386 e. The van der Waals surface area contributed by atoms with Crippen LogP contribution in [0.4, 0.5) is 0 Å². The molecule has 0 fully saturated rings. The molecule has 0 aliphatic heterocycles. The Balaban J connectivity index is 1.69. The van der Waals surface area contributed by atoms with Crippen molar-refractivity contribution in [1.29, 1.82) is 0 Å². The lowest BCUT2D eigenvalue weighted by molar-refractivity contribution is 0.298. The molecular weight excluding hydrogens is 395 g/mol. The monoisotopic (exact) mass is 418 g/mol. The molecule has 4 aromatic rings. The van der Waals surface area contributed by atoms with Crippen molar-refractivity contribution in [3.63, 3.8) is 0 Å². The highest BCUT2D eigenvalue weighted by molar-refractivity contribution is 7.49. The summed E-state index contributed by atoms with van der Waals surface area (Å²) in [7, 11) is -4.02. The van der Waals surface area contributed by atoms with Gasteiger partial charge < -0.3 is 13.6 Å². The zero-order valence-electron chi connectivity index (χ0n) is 17.2. The van der Waals surface area contributed by atoms with Gasteiger partial charge in [0.25, 0.3) is 0 Å². The lowest BCUT2D eigenvalue weighted by Crippen LogP contribution is -2.08. The van der Waals surface area contributed by atoms with Gasteiger partial charge in [-0.05, 0) is 67.4 Å². The molecule has 4 aromatic carbocycles. The summed E-state index contributed by atoms with van der Waals surface area (Å²) in [6.07, 6.45) is 0. The van der Waals surface area contributed by atoms with Crippen LogP contribution in [0.3, 0.4) is 0 Å². The van der Waals surface area contributed by atoms with Crippen molar-refractivity contribution in [2.24, 2.45) is 0 Å². The number of aryl methyl sites for hydroxylation is 3. The molecule has 0 saturated carbocycles. The molecule has 4 rings (SSSR count). The van der Waals surface area contributed by atoms with Crippen LogP contribution >= 0.6 is 7.82 Å². The van der Waals surface area contributed by atoms with Gasteiger partial charge in [-0.3, -0.25) is 0 Å². The van der Waals surface area contributed by atoms with Gasteiger partial charge in [0.2, 0.25) is 0 Å². The van der Waals surface area contributed by atoms with Crippen LogP contribution in [0.2, 0.25) is 0 Å². The highest BCUT2D eigenvalue weighted by atomic mass is 31.2. The van der Waals surface area contributed by atoms with Crippen molar-refractivity contribution in [1.82, 2.24) is 0 Å². The number of rotatable bonds is 6. The third kappa shape index (κ3) is 4.67. The first-order valence-corrected chi connectivity index (χ1v) is 11.2. The van der Waals surface area contributed by atoms with Crippen LogP contribution in [0.5, 0.6) is 17.2 Å². The molecule has 0 aromatic heterocycles. The summed E-state index contributed by atoms with van der Waals surface area (Å²) in [5.41, 5.74) is 3.01. The van der Waals surface area contributed by atoms with Crippen LogP contribution in [-0.4, -0.2) is 0 Å². The standard InChI is InChI=1S/C25H23O4P/c1-18-8-12-23(13-9-18)27-30(26,29-25-15-10-19(2)16-20(25)3)28-24-14-11-21-6-4-5-7-22(21)17-24/h4-17H,1-3H3. The minimum absolute atomic E-state index is 0.411. The predicted molar refractivity (Wildman–Crippen MR) is 121 cm³/mol. The predicted octanol–water partition coefficient (Wildman–Crippen LogP) is 7.41. The topological polar surface area (TPSA) is 44.8 Å². The fourth-order valence-electron chi connectivity index (χ4n) is 3.16. The average molecular weight is 418 g/mol. The third-order valence-corrected chi connectivity index (χ3v) is 6.01. The van der Waals surface area contributed by atoms with Gasteiger partial charge in [-0.25, -0.2) is 0 Å². The van der Waals surface area contributed by atoms with E-state index in [1.807, 2.05) is 81.4 Å². The number of hydrogen-bond donors (Lipinski definition) is 0. The van der Waals surface area contributed by atoms with Gasteiger partial charge in [0.15, 0.2) is 0 Å². The minimum atomic E-state index is -4.02. The molecule has 0 spiro atoms. The maximum atomic E-state index is 13.7. The Bertz CT molecular complexity index is 1230. The van der Waals surface area contributed by atoms with Gasteiger partial charge >= 0.3 is 7.82 Å². The van der Waals surface area contributed by atoms with Crippen LogP contribution in [0.25, 0.3) is 10.8 Å². The third-order valence-electron chi connectivity index (χ3n) is 4.72. The SMILES string of the molecule is Cc1ccc(OP(=O)(Oc2ccc3ccccc3c2)Oc2ccc(C)cc2C)cc1. The summed E-state index contributed by atoms with van der Waals surface area (Å²) in [6.45, 7) is 5.86. The zero-order valence-corrected chi connectivity index (χ0v) is 18.1. The first-order valence-electron chi connectivity index (χ1n) is 9.72. The molecule has 0 radical (unpaired) electrons. The summed E-state index contributed by atoms with van der Waals surface area (Å²) in [6, 6.07) is 26.3. The molecule has 0 aliphatic carbocycles. The van der Waals surface area contributed by atoms with Crippen LogP contribution in [0.15, 0.2) is 84.9 Å². The molecule has 152 valence electrons. The van der Waals surface area contributed by atoms with E-state index in [0.29, 0.717) is 17.2 Å². The Labute approximate surface area is 176 Å². The second-order valence-corrected chi connectivity index (χ2v) is 8.75. The first-order chi connectivity index (χ1) is 14.4. The van der Waals surface area contributed by atoms with Crippen LogP contribution in [-0.2, 0) is 4.57 Å². The molecule has 0 bridgehead atoms. The molecular formula is C25H23O4P. The number of benzene rings is 4. The van der Waals surface area contributed by atoms with Gasteiger partial charge in [-0.2, -0.15) is 4.57 Å². The van der Waals surface area contributed by atoms with E-state index < -0.39 is 7.82 Å².